The molecular weight excluding hydrogens is 283 g/mol. The summed E-state index contributed by atoms with van der Waals surface area (Å²) in [5.41, 5.74) is 0.491. The molecule has 0 aromatic heterocycles. The van der Waals surface area contributed by atoms with Crippen LogP contribution in [0.15, 0.2) is 53.4 Å². The molecule has 19 heavy (non-hydrogen) atoms. The van der Waals surface area contributed by atoms with Crippen molar-refractivity contribution in [3.63, 3.8) is 0 Å². The minimum absolute atomic E-state index is 0.294. The van der Waals surface area contributed by atoms with E-state index in [0.29, 0.717) is 22.8 Å². The molecule has 2 aromatic rings. The van der Waals surface area contributed by atoms with Crippen molar-refractivity contribution in [1.29, 1.82) is 0 Å². The van der Waals surface area contributed by atoms with Crippen molar-refractivity contribution in [2.24, 2.45) is 0 Å². The molecule has 4 heteroatoms. The number of thioether (sulfide) groups is 1. The highest BCUT2D eigenvalue weighted by Crippen LogP contribution is 2.21. The maximum Gasteiger partial charge on any atom is 0.127 e. The van der Waals surface area contributed by atoms with Gasteiger partial charge in [-0.3, -0.25) is 0 Å². The van der Waals surface area contributed by atoms with Crippen LogP contribution in [0.1, 0.15) is 5.56 Å². The molecule has 0 heterocycles. The third kappa shape index (κ3) is 4.53. The largest absolute Gasteiger partial charge is 0.392 e. The maximum absolute atomic E-state index is 13.6. The Balaban J connectivity index is 1.89. The minimum Gasteiger partial charge on any atom is -0.392 e. The second-order valence-corrected chi connectivity index (χ2v) is 5.75. The standard InChI is InChI=1S/C15H14ClFOS/c16-12-7-6-11(15(17)9-12)8-13(18)10-19-14-4-2-1-3-5-14/h1-7,9,13,18H,8,10H2. The van der Waals surface area contributed by atoms with Crippen molar-refractivity contribution >= 4 is 23.4 Å². The molecule has 0 bridgehead atoms. The predicted molar refractivity (Wildman–Crippen MR) is 78.3 cm³/mol. The smallest absolute Gasteiger partial charge is 0.127 e. The highest BCUT2D eigenvalue weighted by molar-refractivity contribution is 7.99. The van der Waals surface area contributed by atoms with Crippen LogP contribution in [0.3, 0.4) is 0 Å². The Kier molecular flexibility index (Phi) is 5.25. The highest BCUT2D eigenvalue weighted by atomic mass is 35.5. The first-order valence-corrected chi connectivity index (χ1v) is 7.31. The summed E-state index contributed by atoms with van der Waals surface area (Å²) in [6, 6.07) is 14.4. The third-order valence-corrected chi connectivity index (χ3v) is 4.05. The molecule has 2 aromatic carbocycles. The van der Waals surface area contributed by atoms with Gasteiger partial charge < -0.3 is 5.11 Å². The fourth-order valence-electron chi connectivity index (χ4n) is 1.71. The van der Waals surface area contributed by atoms with Crippen molar-refractivity contribution in [2.45, 2.75) is 17.4 Å². The predicted octanol–water partition coefficient (Wildman–Crippen LogP) is 4.17. The first-order chi connectivity index (χ1) is 9.15. The quantitative estimate of drug-likeness (QED) is 0.836. The van der Waals surface area contributed by atoms with Gasteiger partial charge in [0.15, 0.2) is 0 Å². The van der Waals surface area contributed by atoms with Gasteiger partial charge in [0.05, 0.1) is 6.10 Å². The lowest BCUT2D eigenvalue weighted by Gasteiger charge is -2.11. The van der Waals surface area contributed by atoms with Crippen LogP contribution in [0.25, 0.3) is 0 Å². The van der Waals surface area contributed by atoms with Gasteiger partial charge in [0, 0.05) is 22.1 Å². The number of aliphatic hydroxyl groups is 1. The molecule has 0 spiro atoms. The van der Waals surface area contributed by atoms with Crippen LogP contribution in [0, 0.1) is 5.82 Å². The summed E-state index contributed by atoms with van der Waals surface area (Å²) in [4.78, 5) is 1.10. The summed E-state index contributed by atoms with van der Waals surface area (Å²) >= 11 is 7.25. The molecule has 0 aliphatic rings. The van der Waals surface area contributed by atoms with E-state index in [-0.39, 0.29) is 5.82 Å². The van der Waals surface area contributed by atoms with Crippen molar-refractivity contribution in [1.82, 2.24) is 0 Å². The van der Waals surface area contributed by atoms with Gasteiger partial charge in [0.1, 0.15) is 5.82 Å². The van der Waals surface area contributed by atoms with Crippen LogP contribution in [-0.4, -0.2) is 17.0 Å². The molecule has 0 aliphatic heterocycles. The first-order valence-electron chi connectivity index (χ1n) is 5.95. The molecule has 1 N–H and O–H groups in total. The minimum atomic E-state index is -0.583. The summed E-state index contributed by atoms with van der Waals surface area (Å²) in [5, 5.41) is 10.3. The molecule has 0 fully saturated rings. The van der Waals surface area contributed by atoms with Gasteiger partial charge in [-0.25, -0.2) is 4.39 Å². The monoisotopic (exact) mass is 296 g/mol. The van der Waals surface area contributed by atoms with Crippen LogP contribution < -0.4 is 0 Å². The zero-order valence-corrected chi connectivity index (χ0v) is 11.8. The van der Waals surface area contributed by atoms with E-state index in [1.807, 2.05) is 30.3 Å². The topological polar surface area (TPSA) is 20.2 Å². The Labute approximate surface area is 121 Å². The third-order valence-electron chi connectivity index (χ3n) is 2.66. The molecular formula is C15H14ClFOS. The normalized spacial score (nSPS) is 12.4. The van der Waals surface area contributed by atoms with Crippen molar-refractivity contribution in [3.05, 3.63) is 64.9 Å². The molecule has 0 saturated heterocycles. The Hall–Kier alpha value is -1.03. The summed E-state index contributed by atoms with van der Waals surface area (Å²) in [5.74, 6) is 0.169. The number of hydrogen-bond donors (Lipinski definition) is 1. The van der Waals surface area contributed by atoms with Crippen molar-refractivity contribution < 1.29 is 9.50 Å². The Morgan fingerprint density at radius 1 is 1.16 bits per heavy atom. The first kappa shape index (κ1) is 14.4. The molecule has 1 nitrogen and oxygen atoms in total. The Morgan fingerprint density at radius 2 is 1.89 bits per heavy atom. The fraction of sp³-hybridized carbons (Fsp3) is 0.200. The van der Waals surface area contributed by atoms with E-state index in [2.05, 4.69) is 0 Å². The van der Waals surface area contributed by atoms with Gasteiger partial charge in [-0.05, 0) is 29.8 Å². The van der Waals surface area contributed by atoms with E-state index >= 15 is 0 Å². The van der Waals surface area contributed by atoms with Gasteiger partial charge >= 0.3 is 0 Å². The second-order valence-electron chi connectivity index (χ2n) is 4.22. The molecule has 100 valence electrons. The van der Waals surface area contributed by atoms with Crippen LogP contribution in [0.5, 0.6) is 0 Å². The summed E-state index contributed by atoms with van der Waals surface area (Å²) < 4.78 is 13.6. The van der Waals surface area contributed by atoms with Gasteiger partial charge in [-0.15, -0.1) is 11.8 Å². The van der Waals surface area contributed by atoms with E-state index in [1.54, 1.807) is 23.9 Å². The molecule has 1 unspecified atom stereocenters. The zero-order valence-electron chi connectivity index (χ0n) is 10.2. The zero-order chi connectivity index (χ0) is 13.7. The molecule has 0 aliphatic carbocycles. The molecule has 0 amide bonds. The van der Waals surface area contributed by atoms with E-state index < -0.39 is 6.10 Å². The van der Waals surface area contributed by atoms with Gasteiger partial charge in [0.2, 0.25) is 0 Å². The van der Waals surface area contributed by atoms with Crippen LogP contribution in [0.4, 0.5) is 4.39 Å². The Bertz CT molecular complexity index is 533. The summed E-state index contributed by atoms with van der Waals surface area (Å²) in [7, 11) is 0. The fourth-order valence-corrected chi connectivity index (χ4v) is 2.72. The molecule has 2 rings (SSSR count). The van der Waals surface area contributed by atoms with E-state index in [0.717, 1.165) is 4.90 Å². The SMILES string of the molecule is OC(CSc1ccccc1)Cc1ccc(Cl)cc1F. The highest BCUT2D eigenvalue weighted by Gasteiger charge is 2.10. The van der Waals surface area contributed by atoms with Crippen LogP contribution in [0.2, 0.25) is 5.02 Å². The number of halogens is 2. The number of hydrogen-bond acceptors (Lipinski definition) is 2. The molecule has 0 saturated carbocycles. The van der Waals surface area contributed by atoms with Gasteiger partial charge in [0.25, 0.3) is 0 Å². The number of rotatable bonds is 5. The lowest BCUT2D eigenvalue weighted by molar-refractivity contribution is 0.198. The summed E-state index contributed by atoms with van der Waals surface area (Å²) in [6.45, 7) is 0. The summed E-state index contributed by atoms with van der Waals surface area (Å²) in [6.07, 6.45) is -0.288. The average Bonchev–Trinajstić information content (AvgIpc) is 2.41. The van der Waals surface area contributed by atoms with E-state index in [9.17, 15) is 9.50 Å². The van der Waals surface area contributed by atoms with E-state index in [4.69, 9.17) is 11.6 Å². The van der Waals surface area contributed by atoms with Crippen LogP contribution >= 0.6 is 23.4 Å². The Morgan fingerprint density at radius 3 is 2.58 bits per heavy atom. The maximum atomic E-state index is 13.6. The molecule has 1 atom stereocenters. The van der Waals surface area contributed by atoms with Gasteiger partial charge in [-0.2, -0.15) is 0 Å². The van der Waals surface area contributed by atoms with Crippen molar-refractivity contribution in [3.8, 4) is 0 Å². The lowest BCUT2D eigenvalue weighted by Crippen LogP contribution is -2.14. The second kappa shape index (κ2) is 6.94. The number of benzene rings is 2. The van der Waals surface area contributed by atoms with E-state index in [1.165, 1.54) is 6.07 Å². The van der Waals surface area contributed by atoms with Crippen molar-refractivity contribution in [2.75, 3.05) is 5.75 Å². The lowest BCUT2D eigenvalue weighted by atomic mass is 10.1. The van der Waals surface area contributed by atoms with Crippen LogP contribution in [-0.2, 0) is 6.42 Å². The van der Waals surface area contributed by atoms with Gasteiger partial charge in [-0.1, -0.05) is 35.9 Å². The number of aliphatic hydroxyl groups excluding tert-OH is 1. The molecule has 0 radical (unpaired) electrons. The average molecular weight is 297 g/mol.